The van der Waals surface area contributed by atoms with E-state index in [0.717, 1.165) is 11.8 Å². The van der Waals surface area contributed by atoms with Gasteiger partial charge in [-0.15, -0.1) is 10.2 Å². The van der Waals surface area contributed by atoms with Crippen molar-refractivity contribution in [3.8, 4) is 5.75 Å². The number of rotatable bonds is 6. The van der Waals surface area contributed by atoms with Crippen molar-refractivity contribution in [2.75, 3.05) is 17.7 Å². The summed E-state index contributed by atoms with van der Waals surface area (Å²) in [6, 6.07) is 3.96. The largest absolute Gasteiger partial charge is 0.482 e. The van der Waals surface area contributed by atoms with Crippen LogP contribution in [0.1, 0.15) is 0 Å². The van der Waals surface area contributed by atoms with E-state index in [9.17, 15) is 18.0 Å². The zero-order valence-corrected chi connectivity index (χ0v) is 13.7. The second kappa shape index (κ2) is 7.84. The number of nitrogens with one attached hydrogen (secondary N) is 1. The van der Waals surface area contributed by atoms with E-state index < -0.39 is 18.7 Å². The molecule has 0 bridgehead atoms. The van der Waals surface area contributed by atoms with Gasteiger partial charge < -0.3 is 10.1 Å². The molecular weight excluding hydrogens is 375 g/mol. The summed E-state index contributed by atoms with van der Waals surface area (Å²) in [6.45, 7) is -1.46. The fraction of sp³-hybridized carbons (Fsp3) is 0.250. The van der Waals surface area contributed by atoms with E-state index in [0.29, 0.717) is 4.34 Å². The number of carbonyl (C=O) groups excluding carboxylic acids is 1. The number of nitrogens with zero attached hydrogens (tertiary/aromatic N) is 2. The zero-order chi connectivity index (χ0) is 16.9. The number of ether oxygens (including phenoxy) is 1. The first-order chi connectivity index (χ1) is 10.8. The maximum Gasteiger partial charge on any atom is 0.422 e. The predicted octanol–water partition coefficient (Wildman–Crippen LogP) is 3.86. The summed E-state index contributed by atoms with van der Waals surface area (Å²) in [5.74, 6) is -0.509. The van der Waals surface area contributed by atoms with Crippen LogP contribution in [0.15, 0.2) is 28.0 Å². The number of halogens is 4. The van der Waals surface area contributed by atoms with Crippen molar-refractivity contribution in [3.63, 3.8) is 0 Å². The predicted molar refractivity (Wildman–Crippen MR) is 82.3 cm³/mol. The number of thioether (sulfide) groups is 1. The van der Waals surface area contributed by atoms with Crippen molar-refractivity contribution in [1.29, 1.82) is 0 Å². The van der Waals surface area contributed by atoms with Crippen LogP contribution in [0.4, 0.5) is 18.9 Å². The molecule has 0 aliphatic rings. The molecule has 1 aromatic heterocycles. The summed E-state index contributed by atoms with van der Waals surface area (Å²) in [5.41, 5.74) is 1.60. The average molecular weight is 384 g/mol. The lowest BCUT2D eigenvalue weighted by atomic mass is 10.3. The number of hydrogen-bond acceptors (Lipinski definition) is 6. The number of anilines is 1. The summed E-state index contributed by atoms with van der Waals surface area (Å²) < 4.78 is 42.0. The van der Waals surface area contributed by atoms with Crippen LogP contribution >= 0.6 is 34.7 Å². The van der Waals surface area contributed by atoms with Crippen LogP contribution in [-0.2, 0) is 4.79 Å². The first-order valence-electron chi connectivity index (χ1n) is 6.01. The summed E-state index contributed by atoms with van der Waals surface area (Å²) >= 11 is 8.24. The third kappa shape index (κ3) is 6.24. The van der Waals surface area contributed by atoms with E-state index >= 15 is 0 Å². The first kappa shape index (κ1) is 17.8. The number of alkyl halides is 3. The van der Waals surface area contributed by atoms with Crippen LogP contribution in [0, 0.1) is 0 Å². The van der Waals surface area contributed by atoms with Crippen LogP contribution in [0.5, 0.6) is 5.75 Å². The Morgan fingerprint density at radius 2 is 2.22 bits per heavy atom. The molecule has 23 heavy (non-hydrogen) atoms. The van der Waals surface area contributed by atoms with Crippen LogP contribution in [0.2, 0.25) is 5.02 Å². The summed E-state index contributed by atoms with van der Waals surface area (Å²) in [7, 11) is 0. The summed E-state index contributed by atoms with van der Waals surface area (Å²) in [6.07, 6.45) is -4.48. The van der Waals surface area contributed by atoms with Crippen molar-refractivity contribution in [2.24, 2.45) is 0 Å². The fourth-order valence-corrected chi connectivity index (χ4v) is 2.89. The molecule has 5 nitrogen and oxygen atoms in total. The zero-order valence-electron chi connectivity index (χ0n) is 11.3. The minimum absolute atomic E-state index is 0.0282. The number of hydrogen-bond donors (Lipinski definition) is 1. The van der Waals surface area contributed by atoms with Gasteiger partial charge in [0.25, 0.3) is 0 Å². The van der Waals surface area contributed by atoms with Crippen molar-refractivity contribution >= 4 is 46.3 Å². The number of carbonyl (C=O) groups is 1. The van der Waals surface area contributed by atoms with E-state index in [4.69, 9.17) is 11.6 Å². The molecular formula is C12H9ClF3N3O2S2. The van der Waals surface area contributed by atoms with Gasteiger partial charge in [0.05, 0.1) is 11.4 Å². The molecule has 0 saturated heterocycles. The van der Waals surface area contributed by atoms with Gasteiger partial charge in [-0.1, -0.05) is 34.7 Å². The second-order valence-corrected chi connectivity index (χ2v) is 6.58. The monoisotopic (exact) mass is 383 g/mol. The van der Waals surface area contributed by atoms with Gasteiger partial charge >= 0.3 is 6.18 Å². The molecule has 0 saturated carbocycles. The molecule has 2 aromatic rings. The van der Waals surface area contributed by atoms with Crippen LogP contribution in [0.3, 0.4) is 0 Å². The quantitative estimate of drug-likeness (QED) is 0.767. The lowest BCUT2D eigenvalue weighted by molar-refractivity contribution is -0.153. The normalized spacial score (nSPS) is 11.3. The molecule has 2 rings (SSSR count). The molecule has 0 radical (unpaired) electrons. The van der Waals surface area contributed by atoms with Crippen molar-refractivity contribution in [1.82, 2.24) is 10.2 Å². The third-order valence-corrected chi connectivity index (χ3v) is 4.37. The standard InChI is InChI=1S/C12H9ClF3N3O2S2/c13-7-1-2-9(21-5-12(14,15)16)8(3-7)18-10(20)4-22-11-19-17-6-23-11/h1-3,6H,4-5H2,(H,18,20). The van der Waals surface area contributed by atoms with E-state index in [1.54, 1.807) is 0 Å². The molecule has 0 fully saturated rings. The maximum atomic E-state index is 12.2. The summed E-state index contributed by atoms with van der Waals surface area (Å²) in [5, 5.41) is 10.1. The molecule has 0 aliphatic carbocycles. The molecule has 0 atom stereocenters. The van der Waals surface area contributed by atoms with E-state index in [1.165, 1.54) is 35.0 Å². The molecule has 1 heterocycles. The molecule has 1 N–H and O–H groups in total. The highest BCUT2D eigenvalue weighted by Crippen LogP contribution is 2.30. The smallest absolute Gasteiger partial charge is 0.422 e. The highest BCUT2D eigenvalue weighted by molar-refractivity contribution is 8.01. The molecule has 1 aromatic carbocycles. The van der Waals surface area contributed by atoms with Gasteiger partial charge in [-0.2, -0.15) is 13.2 Å². The minimum atomic E-state index is -4.48. The summed E-state index contributed by atoms with van der Waals surface area (Å²) in [4.78, 5) is 11.9. The van der Waals surface area contributed by atoms with Gasteiger partial charge in [-0.05, 0) is 18.2 Å². The minimum Gasteiger partial charge on any atom is -0.482 e. The molecule has 0 unspecified atom stereocenters. The van der Waals surface area contributed by atoms with Crippen LogP contribution < -0.4 is 10.1 Å². The Hall–Kier alpha value is -1.52. The number of benzene rings is 1. The van der Waals surface area contributed by atoms with Crippen LogP contribution in [0.25, 0.3) is 0 Å². The van der Waals surface area contributed by atoms with Gasteiger partial charge in [0, 0.05) is 5.02 Å². The number of amides is 1. The number of aromatic nitrogens is 2. The van der Waals surface area contributed by atoms with Crippen molar-refractivity contribution in [3.05, 3.63) is 28.7 Å². The Kier molecular flexibility index (Phi) is 6.08. The van der Waals surface area contributed by atoms with Crippen LogP contribution in [-0.4, -0.2) is 34.6 Å². The van der Waals surface area contributed by atoms with Crippen molar-refractivity contribution < 1.29 is 22.7 Å². The Morgan fingerprint density at radius 3 is 2.87 bits per heavy atom. The van der Waals surface area contributed by atoms with Gasteiger partial charge in [0.2, 0.25) is 5.91 Å². The van der Waals surface area contributed by atoms with E-state index in [2.05, 4.69) is 20.3 Å². The highest BCUT2D eigenvalue weighted by atomic mass is 35.5. The molecule has 1 amide bonds. The third-order valence-electron chi connectivity index (χ3n) is 2.27. The molecule has 11 heteroatoms. The van der Waals surface area contributed by atoms with Gasteiger partial charge in [0.1, 0.15) is 11.3 Å². The Morgan fingerprint density at radius 1 is 1.43 bits per heavy atom. The average Bonchev–Trinajstić information content (AvgIpc) is 2.96. The molecule has 124 valence electrons. The lowest BCUT2D eigenvalue weighted by Crippen LogP contribution is -2.20. The Balaban J connectivity index is 1.99. The maximum absolute atomic E-state index is 12.2. The van der Waals surface area contributed by atoms with Gasteiger partial charge in [-0.3, -0.25) is 4.79 Å². The van der Waals surface area contributed by atoms with Crippen molar-refractivity contribution in [2.45, 2.75) is 10.5 Å². The topological polar surface area (TPSA) is 64.1 Å². The fourth-order valence-electron chi connectivity index (χ4n) is 1.42. The lowest BCUT2D eigenvalue weighted by Gasteiger charge is -2.14. The second-order valence-electron chi connectivity index (χ2n) is 4.09. The molecule has 0 aliphatic heterocycles. The Bertz CT molecular complexity index is 668. The molecule has 0 spiro atoms. The first-order valence-corrected chi connectivity index (χ1v) is 8.26. The van der Waals surface area contributed by atoms with Gasteiger partial charge in [-0.25, -0.2) is 0 Å². The van der Waals surface area contributed by atoms with Gasteiger partial charge in [0.15, 0.2) is 10.9 Å². The van der Waals surface area contributed by atoms with E-state index in [1.807, 2.05) is 0 Å². The highest BCUT2D eigenvalue weighted by Gasteiger charge is 2.29. The SMILES string of the molecule is O=C(CSc1nncs1)Nc1cc(Cl)ccc1OCC(F)(F)F. The van der Waals surface area contributed by atoms with E-state index in [-0.39, 0.29) is 22.2 Å². The Labute approximate surface area is 142 Å².